The monoisotopic (exact) mass is 479 g/mol. The number of anilines is 2. The van der Waals surface area contributed by atoms with E-state index in [0.29, 0.717) is 17.3 Å². The van der Waals surface area contributed by atoms with E-state index in [2.05, 4.69) is 20.8 Å². The minimum Gasteiger partial charge on any atom is -0.309 e. The molecule has 1 aromatic heterocycles. The first-order valence-electron chi connectivity index (χ1n) is 9.46. The number of fused-ring (bicyclic) bond motifs is 1. The summed E-state index contributed by atoms with van der Waals surface area (Å²) in [5.74, 6) is -2.43. The molecule has 3 aromatic rings. The number of aromatic amines is 1. The molecular formula is C21H17Cl2F2N5O2. The fourth-order valence-corrected chi connectivity index (χ4v) is 4.08. The maximum absolute atomic E-state index is 14.0. The van der Waals surface area contributed by atoms with Crippen molar-refractivity contribution in [2.75, 3.05) is 10.6 Å². The van der Waals surface area contributed by atoms with Crippen molar-refractivity contribution in [3.63, 3.8) is 0 Å². The highest BCUT2D eigenvalue weighted by molar-refractivity contribution is 6.39. The van der Waals surface area contributed by atoms with E-state index >= 15 is 0 Å². The summed E-state index contributed by atoms with van der Waals surface area (Å²) in [6.45, 7) is 3.71. The Kier molecular flexibility index (Phi) is 5.56. The summed E-state index contributed by atoms with van der Waals surface area (Å²) in [6, 6.07) is 7.07. The Morgan fingerprint density at radius 3 is 2.47 bits per heavy atom. The summed E-state index contributed by atoms with van der Waals surface area (Å²) in [4.78, 5) is 27.0. The third-order valence-electron chi connectivity index (χ3n) is 5.32. The first kappa shape index (κ1) is 22.0. The minimum atomic E-state index is -0.993. The number of hydrogen-bond acceptors (Lipinski definition) is 3. The van der Waals surface area contributed by atoms with E-state index < -0.39 is 29.1 Å². The molecule has 2 heterocycles. The van der Waals surface area contributed by atoms with Gasteiger partial charge in [-0.3, -0.25) is 9.89 Å². The van der Waals surface area contributed by atoms with Crippen LogP contribution >= 0.6 is 23.2 Å². The number of halogens is 4. The van der Waals surface area contributed by atoms with Crippen LogP contribution in [0.1, 0.15) is 35.5 Å². The maximum Gasteiger partial charge on any atom is 0.323 e. The molecule has 2 aromatic carbocycles. The largest absolute Gasteiger partial charge is 0.323 e. The Balaban J connectivity index is 1.57. The molecule has 0 saturated heterocycles. The Bertz CT molecular complexity index is 1220. The highest BCUT2D eigenvalue weighted by Crippen LogP contribution is 2.41. The highest BCUT2D eigenvalue weighted by Gasteiger charge is 2.44. The smallest absolute Gasteiger partial charge is 0.309 e. The zero-order chi connectivity index (χ0) is 23.2. The van der Waals surface area contributed by atoms with Crippen LogP contribution in [0.2, 0.25) is 10.0 Å². The molecule has 0 atom stereocenters. The molecule has 0 saturated carbocycles. The van der Waals surface area contributed by atoms with Crippen molar-refractivity contribution in [3.05, 3.63) is 74.9 Å². The van der Waals surface area contributed by atoms with Crippen molar-refractivity contribution < 1.29 is 18.4 Å². The summed E-state index contributed by atoms with van der Waals surface area (Å²) in [7, 11) is 0. The Hall–Kier alpha value is -3.17. The first-order valence-corrected chi connectivity index (χ1v) is 10.2. The van der Waals surface area contributed by atoms with Crippen LogP contribution in [0.4, 0.5) is 25.1 Å². The maximum atomic E-state index is 14.0. The van der Waals surface area contributed by atoms with Crippen molar-refractivity contribution >= 4 is 46.6 Å². The van der Waals surface area contributed by atoms with Crippen LogP contribution in [0, 0.1) is 11.6 Å². The van der Waals surface area contributed by atoms with E-state index in [1.165, 1.54) is 4.90 Å². The van der Waals surface area contributed by atoms with Gasteiger partial charge in [-0.05, 0) is 38.1 Å². The van der Waals surface area contributed by atoms with Gasteiger partial charge in [0, 0.05) is 11.6 Å². The lowest BCUT2D eigenvalue weighted by atomic mass is 10.0. The van der Waals surface area contributed by atoms with Gasteiger partial charge in [-0.25, -0.2) is 13.6 Å². The number of amides is 3. The lowest BCUT2D eigenvalue weighted by molar-refractivity contribution is 0.102. The minimum absolute atomic E-state index is 0.105. The number of carbonyl (C=O) groups excluding carboxylic acids is 2. The van der Waals surface area contributed by atoms with E-state index in [4.69, 9.17) is 23.2 Å². The van der Waals surface area contributed by atoms with Gasteiger partial charge in [-0.2, -0.15) is 5.10 Å². The van der Waals surface area contributed by atoms with E-state index in [1.807, 2.05) is 0 Å². The number of aromatic nitrogens is 2. The van der Waals surface area contributed by atoms with E-state index in [0.717, 1.165) is 12.1 Å². The zero-order valence-corrected chi connectivity index (χ0v) is 18.4. The number of benzene rings is 2. The summed E-state index contributed by atoms with van der Waals surface area (Å²) in [5.41, 5.74) is 0.303. The molecule has 11 heteroatoms. The second kappa shape index (κ2) is 8.07. The van der Waals surface area contributed by atoms with E-state index in [1.54, 1.807) is 32.0 Å². The molecule has 0 bridgehead atoms. The molecule has 166 valence electrons. The average Bonchev–Trinajstić information content (AvgIpc) is 3.23. The average molecular weight is 480 g/mol. The molecule has 3 amide bonds. The van der Waals surface area contributed by atoms with Crippen LogP contribution in [0.3, 0.4) is 0 Å². The van der Waals surface area contributed by atoms with Crippen LogP contribution in [-0.4, -0.2) is 27.0 Å². The lowest BCUT2D eigenvalue weighted by Gasteiger charge is -2.32. The molecule has 0 unspecified atom stereocenters. The Morgan fingerprint density at radius 1 is 1.12 bits per heavy atom. The van der Waals surface area contributed by atoms with Crippen molar-refractivity contribution in [1.82, 2.24) is 15.1 Å². The van der Waals surface area contributed by atoms with Gasteiger partial charge in [0.2, 0.25) is 0 Å². The molecule has 7 nitrogen and oxygen atoms in total. The summed E-state index contributed by atoms with van der Waals surface area (Å²) < 4.78 is 27.1. The quantitative estimate of drug-likeness (QED) is 0.461. The van der Waals surface area contributed by atoms with E-state index in [9.17, 15) is 18.4 Å². The van der Waals surface area contributed by atoms with Gasteiger partial charge in [0.25, 0.3) is 5.91 Å². The number of nitrogens with zero attached hydrogens (tertiary/aromatic N) is 2. The number of para-hydroxylation sites is 1. The summed E-state index contributed by atoms with van der Waals surface area (Å²) in [5, 5.41) is 12.7. The van der Waals surface area contributed by atoms with Gasteiger partial charge >= 0.3 is 6.03 Å². The van der Waals surface area contributed by atoms with Gasteiger partial charge < -0.3 is 15.5 Å². The molecule has 0 aliphatic carbocycles. The number of H-pyrrole nitrogens is 1. The second-order valence-corrected chi connectivity index (χ2v) is 8.49. The number of hydrogen-bond donors (Lipinski definition) is 3. The van der Waals surface area contributed by atoms with Gasteiger partial charge in [0.1, 0.15) is 11.6 Å². The zero-order valence-electron chi connectivity index (χ0n) is 16.9. The van der Waals surface area contributed by atoms with Crippen LogP contribution < -0.4 is 10.6 Å². The van der Waals surface area contributed by atoms with Crippen molar-refractivity contribution in [1.29, 1.82) is 0 Å². The molecule has 1 aliphatic rings. The number of rotatable bonds is 3. The Labute approximate surface area is 191 Å². The molecular weight excluding hydrogens is 463 g/mol. The third-order valence-corrected chi connectivity index (χ3v) is 5.95. The normalized spacial score (nSPS) is 14.2. The molecule has 3 N–H and O–H groups in total. The first-order chi connectivity index (χ1) is 15.1. The molecule has 4 rings (SSSR count). The summed E-state index contributed by atoms with van der Waals surface area (Å²) in [6.07, 6.45) is 0. The van der Waals surface area contributed by atoms with E-state index in [-0.39, 0.29) is 33.7 Å². The molecule has 0 fully saturated rings. The van der Waals surface area contributed by atoms with Crippen LogP contribution in [0.25, 0.3) is 0 Å². The molecule has 32 heavy (non-hydrogen) atoms. The van der Waals surface area contributed by atoms with Gasteiger partial charge in [-0.1, -0.05) is 29.3 Å². The van der Waals surface area contributed by atoms with Crippen LogP contribution in [0.15, 0.2) is 36.4 Å². The molecule has 1 aliphatic heterocycles. The molecule has 0 radical (unpaired) electrons. The van der Waals surface area contributed by atoms with Crippen LogP contribution in [0.5, 0.6) is 0 Å². The van der Waals surface area contributed by atoms with Crippen LogP contribution in [-0.2, 0) is 12.1 Å². The van der Waals surface area contributed by atoms with Gasteiger partial charge in [-0.15, -0.1) is 0 Å². The van der Waals surface area contributed by atoms with Crippen molar-refractivity contribution in [2.24, 2.45) is 0 Å². The fraction of sp³-hybridized carbons (Fsp3) is 0.190. The standard InChI is InChI=1S/C21H17Cl2F2N5O2/c1-21(2)17-12(9-30(21)20(32)26-16-13(22)4-3-5-14(16)23)18(29-28-17)27-19(31)11-7-6-10(24)8-15(11)25/h3-8H,9H2,1-2H3,(H,26,32)(H2,27,28,29,31). The van der Waals surface area contributed by atoms with Gasteiger partial charge in [0.05, 0.1) is 39.1 Å². The predicted octanol–water partition coefficient (Wildman–Crippen LogP) is 5.53. The lowest BCUT2D eigenvalue weighted by Crippen LogP contribution is -2.43. The predicted molar refractivity (Wildman–Crippen MR) is 117 cm³/mol. The van der Waals surface area contributed by atoms with Gasteiger partial charge in [0.15, 0.2) is 5.82 Å². The van der Waals surface area contributed by atoms with Crippen molar-refractivity contribution in [2.45, 2.75) is 25.9 Å². The Morgan fingerprint density at radius 2 is 1.81 bits per heavy atom. The highest BCUT2D eigenvalue weighted by atomic mass is 35.5. The topological polar surface area (TPSA) is 90.1 Å². The number of urea groups is 1. The second-order valence-electron chi connectivity index (χ2n) is 7.68. The molecule has 0 spiro atoms. The summed E-state index contributed by atoms with van der Waals surface area (Å²) >= 11 is 12.3. The number of nitrogens with one attached hydrogen (secondary N) is 3. The van der Waals surface area contributed by atoms with Crippen molar-refractivity contribution in [3.8, 4) is 0 Å². The third kappa shape index (κ3) is 3.78. The SMILES string of the molecule is CC1(C)c2[nH]nc(NC(=O)c3ccc(F)cc3F)c2CN1C(=O)Nc1c(Cl)cccc1Cl. The fourth-order valence-electron chi connectivity index (χ4n) is 3.59. The number of carbonyl (C=O) groups is 2.